The number of hydrogen-bond donors (Lipinski definition) is 1. The van der Waals surface area contributed by atoms with E-state index in [0.717, 1.165) is 34.9 Å². The second-order valence-corrected chi connectivity index (χ2v) is 8.68. The Morgan fingerprint density at radius 2 is 2.05 bits per heavy atom. The summed E-state index contributed by atoms with van der Waals surface area (Å²) in [6, 6.07) is 2.05. The summed E-state index contributed by atoms with van der Waals surface area (Å²) in [6.45, 7) is 2.65. The largest absolute Gasteiger partial charge is 0.481 e. The fourth-order valence-corrected chi connectivity index (χ4v) is 6.99. The van der Waals surface area contributed by atoms with Gasteiger partial charge in [0.25, 0.3) is 0 Å². The van der Waals surface area contributed by atoms with Gasteiger partial charge in [0.15, 0.2) is 0 Å². The van der Waals surface area contributed by atoms with E-state index in [-0.39, 0.29) is 11.8 Å². The highest BCUT2D eigenvalue weighted by Gasteiger charge is 2.28. The normalized spacial score (nSPS) is 16.2. The smallest absolute Gasteiger partial charge is 0.306 e. The number of aliphatic carboxylic acids is 1. The first-order chi connectivity index (χ1) is 10.4. The molecule has 120 valence electrons. The van der Waals surface area contributed by atoms with Crippen LogP contribution in [0, 0.1) is 16.6 Å². The molecule has 1 aromatic rings. The summed E-state index contributed by atoms with van der Waals surface area (Å²) in [5.41, 5.74) is 2.00. The van der Waals surface area contributed by atoms with Gasteiger partial charge in [0, 0.05) is 23.7 Å². The molecule has 0 unspecified atom stereocenters. The molecule has 0 spiro atoms. The van der Waals surface area contributed by atoms with Gasteiger partial charge in [0.1, 0.15) is 0 Å². The van der Waals surface area contributed by atoms with Crippen LogP contribution in [0.4, 0.5) is 5.69 Å². The quantitative estimate of drug-likeness (QED) is 0.490. The highest BCUT2D eigenvalue weighted by atomic mass is 127. The van der Waals surface area contributed by atoms with Gasteiger partial charge in [-0.25, -0.2) is 0 Å². The number of carbonyl (C=O) groups excluding carboxylic acids is 1. The maximum atomic E-state index is 12.1. The van der Waals surface area contributed by atoms with Crippen molar-refractivity contribution in [1.82, 2.24) is 0 Å². The van der Waals surface area contributed by atoms with Crippen molar-refractivity contribution in [2.75, 3.05) is 11.4 Å². The van der Waals surface area contributed by atoms with Crippen molar-refractivity contribution >= 4 is 85.3 Å². The van der Waals surface area contributed by atoms with Gasteiger partial charge in [-0.2, -0.15) is 0 Å². The molecular weight excluding hydrogens is 623 g/mol. The lowest BCUT2D eigenvalue weighted by Gasteiger charge is -2.23. The van der Waals surface area contributed by atoms with E-state index >= 15 is 0 Å². The number of amides is 1. The molecule has 4 nitrogen and oxygen atoms in total. The first kappa shape index (κ1) is 18.7. The molecule has 1 N–H and O–H groups in total. The van der Waals surface area contributed by atoms with E-state index in [2.05, 4.69) is 67.8 Å². The minimum atomic E-state index is -0.758. The second-order valence-electron chi connectivity index (χ2n) is 5.28. The van der Waals surface area contributed by atoms with Crippen LogP contribution in [0.5, 0.6) is 0 Å². The molecule has 1 aromatic carbocycles. The topological polar surface area (TPSA) is 57.6 Å². The molecule has 0 aliphatic carbocycles. The molecule has 7 heteroatoms. The molecule has 1 aliphatic heterocycles. The molecule has 1 fully saturated rings. The Morgan fingerprint density at radius 3 is 2.55 bits per heavy atom. The maximum absolute atomic E-state index is 12.1. The number of rotatable bonds is 5. The molecular formula is C15H16I3NO3. The van der Waals surface area contributed by atoms with Crippen LogP contribution in [0.2, 0.25) is 0 Å². The molecule has 2 rings (SSSR count). The molecule has 22 heavy (non-hydrogen) atoms. The summed E-state index contributed by atoms with van der Waals surface area (Å²) in [7, 11) is 0. The predicted molar refractivity (Wildman–Crippen MR) is 111 cm³/mol. The molecule has 1 saturated heterocycles. The summed E-state index contributed by atoms with van der Waals surface area (Å²) >= 11 is 6.80. The fraction of sp³-hybridized carbons (Fsp3) is 0.467. The Kier molecular flexibility index (Phi) is 6.75. The van der Waals surface area contributed by atoms with Crippen molar-refractivity contribution in [2.45, 2.75) is 32.6 Å². The zero-order valence-corrected chi connectivity index (χ0v) is 18.5. The summed E-state index contributed by atoms with van der Waals surface area (Å²) in [5, 5.41) is 9.32. The lowest BCUT2D eigenvalue weighted by Crippen LogP contribution is -2.27. The highest BCUT2D eigenvalue weighted by molar-refractivity contribution is 14.1. The highest BCUT2D eigenvalue weighted by Crippen LogP contribution is 2.37. The monoisotopic (exact) mass is 639 g/mol. The zero-order chi connectivity index (χ0) is 16.4. The Bertz CT molecular complexity index is 619. The minimum Gasteiger partial charge on any atom is -0.481 e. The van der Waals surface area contributed by atoms with Crippen molar-refractivity contribution in [1.29, 1.82) is 0 Å². The van der Waals surface area contributed by atoms with E-state index in [4.69, 9.17) is 0 Å². The van der Waals surface area contributed by atoms with Crippen molar-refractivity contribution < 1.29 is 14.7 Å². The molecule has 1 amide bonds. The summed E-state index contributed by atoms with van der Waals surface area (Å²) in [5.74, 6) is -0.982. The lowest BCUT2D eigenvalue weighted by atomic mass is 9.96. The van der Waals surface area contributed by atoms with E-state index in [0.29, 0.717) is 19.3 Å². The third-order valence-electron chi connectivity index (χ3n) is 3.88. The molecule has 0 radical (unpaired) electrons. The molecule has 0 saturated carbocycles. The lowest BCUT2D eigenvalue weighted by molar-refractivity contribution is -0.141. The van der Waals surface area contributed by atoms with E-state index in [1.54, 1.807) is 0 Å². The van der Waals surface area contributed by atoms with Gasteiger partial charge in [-0.1, -0.05) is 6.92 Å². The minimum absolute atomic E-state index is 0.160. The van der Waals surface area contributed by atoms with Crippen LogP contribution in [-0.2, 0) is 16.0 Å². The Hall–Kier alpha value is 0.350. The van der Waals surface area contributed by atoms with Crippen LogP contribution in [0.15, 0.2) is 6.07 Å². The third-order valence-corrected chi connectivity index (χ3v) is 6.82. The summed E-state index contributed by atoms with van der Waals surface area (Å²) < 4.78 is 3.14. The number of benzene rings is 1. The maximum Gasteiger partial charge on any atom is 0.306 e. The Balaban J connectivity index is 2.47. The molecule has 0 bridgehead atoms. The second kappa shape index (κ2) is 7.95. The first-order valence-electron chi connectivity index (χ1n) is 7.06. The van der Waals surface area contributed by atoms with Crippen LogP contribution in [-0.4, -0.2) is 23.5 Å². The third kappa shape index (κ3) is 3.87. The number of carbonyl (C=O) groups is 2. The van der Waals surface area contributed by atoms with Crippen LogP contribution < -0.4 is 4.90 Å². The van der Waals surface area contributed by atoms with Gasteiger partial charge in [0.05, 0.1) is 11.6 Å². The van der Waals surface area contributed by atoms with E-state index < -0.39 is 5.97 Å². The number of nitrogens with zero attached hydrogens (tertiary/aromatic N) is 1. The zero-order valence-electron chi connectivity index (χ0n) is 12.0. The number of halogens is 3. The predicted octanol–water partition coefficient (Wildman–Crippen LogP) is 4.28. The first-order valence-corrected chi connectivity index (χ1v) is 10.3. The van der Waals surface area contributed by atoms with Gasteiger partial charge in [-0.15, -0.1) is 0 Å². The Labute approximate surface area is 170 Å². The SMILES string of the molecule is CC[C@@H](Cc1c(I)cc(I)c(N2CCCC2=O)c1I)C(=O)O. The van der Waals surface area contributed by atoms with Gasteiger partial charge < -0.3 is 10.0 Å². The molecule has 1 atom stereocenters. The number of carboxylic acids is 1. The van der Waals surface area contributed by atoms with Crippen molar-refractivity contribution in [2.24, 2.45) is 5.92 Å². The fourth-order valence-electron chi connectivity index (χ4n) is 2.59. The average molecular weight is 639 g/mol. The van der Waals surface area contributed by atoms with Gasteiger partial charge in [-0.05, 0) is 98.7 Å². The van der Waals surface area contributed by atoms with E-state index in [9.17, 15) is 14.7 Å². The number of hydrogen-bond acceptors (Lipinski definition) is 2. The standard InChI is InChI=1S/C15H16I3NO3/c1-2-8(15(21)22)6-9-10(16)7-11(17)14(13(9)18)19-5-3-4-12(19)20/h7-8H,2-6H2,1H3,(H,21,22)/t8-/m0/s1. The van der Waals surface area contributed by atoms with Crippen LogP contribution >= 0.6 is 67.8 Å². The van der Waals surface area contributed by atoms with Crippen molar-refractivity contribution in [3.63, 3.8) is 0 Å². The van der Waals surface area contributed by atoms with Gasteiger partial charge >= 0.3 is 5.97 Å². The van der Waals surface area contributed by atoms with Crippen molar-refractivity contribution in [3.8, 4) is 0 Å². The van der Waals surface area contributed by atoms with E-state index in [1.165, 1.54) is 0 Å². The summed E-state index contributed by atoms with van der Waals surface area (Å²) in [6.07, 6.45) is 2.60. The van der Waals surface area contributed by atoms with Crippen LogP contribution in [0.3, 0.4) is 0 Å². The average Bonchev–Trinajstić information content (AvgIpc) is 2.84. The number of carboxylic acid groups (broad SMARTS) is 1. The molecule has 0 aromatic heterocycles. The number of anilines is 1. The van der Waals surface area contributed by atoms with Crippen molar-refractivity contribution in [3.05, 3.63) is 22.3 Å². The molecule has 1 aliphatic rings. The van der Waals surface area contributed by atoms with Gasteiger partial charge in [0.2, 0.25) is 5.91 Å². The van der Waals surface area contributed by atoms with Crippen LogP contribution in [0.25, 0.3) is 0 Å². The van der Waals surface area contributed by atoms with E-state index in [1.807, 2.05) is 17.9 Å². The van der Waals surface area contributed by atoms with Crippen LogP contribution in [0.1, 0.15) is 31.7 Å². The molecule has 1 heterocycles. The Morgan fingerprint density at radius 1 is 1.36 bits per heavy atom. The summed E-state index contributed by atoms with van der Waals surface area (Å²) in [4.78, 5) is 25.3. The van der Waals surface area contributed by atoms with Gasteiger partial charge in [-0.3, -0.25) is 9.59 Å².